The zero-order valence-corrected chi connectivity index (χ0v) is 20.6. The van der Waals surface area contributed by atoms with Crippen molar-refractivity contribution in [2.75, 3.05) is 40.9 Å². The summed E-state index contributed by atoms with van der Waals surface area (Å²) in [5.41, 5.74) is 3.13. The molecule has 0 aliphatic carbocycles. The molecule has 3 aromatic rings. The largest absolute Gasteiger partial charge is 0.478 e. The van der Waals surface area contributed by atoms with Gasteiger partial charge in [0, 0.05) is 56.1 Å². The van der Waals surface area contributed by atoms with Gasteiger partial charge in [-0.05, 0) is 45.2 Å². The van der Waals surface area contributed by atoms with E-state index in [1.54, 1.807) is 6.07 Å². The van der Waals surface area contributed by atoms with Crippen LogP contribution in [0.4, 0.5) is 17.6 Å². The minimum atomic E-state index is -0.952. The lowest BCUT2D eigenvalue weighted by Gasteiger charge is -2.41. The number of rotatable bonds is 5. The Labute approximate surface area is 206 Å². The molecule has 2 saturated heterocycles. The van der Waals surface area contributed by atoms with Gasteiger partial charge in [-0.3, -0.25) is 0 Å². The van der Waals surface area contributed by atoms with Gasteiger partial charge in [-0.15, -0.1) is 0 Å². The lowest BCUT2D eigenvalue weighted by molar-refractivity contribution is 0.0696. The molecule has 1 unspecified atom stereocenters. The van der Waals surface area contributed by atoms with E-state index in [1.807, 2.05) is 25.1 Å². The van der Waals surface area contributed by atoms with Crippen LogP contribution in [-0.4, -0.2) is 64.3 Å². The van der Waals surface area contributed by atoms with Crippen LogP contribution in [0, 0.1) is 6.92 Å². The smallest absolute Gasteiger partial charge is 0.337 e. The van der Waals surface area contributed by atoms with Crippen LogP contribution < -0.4 is 14.7 Å². The average molecular weight is 473 g/mol. The summed E-state index contributed by atoms with van der Waals surface area (Å²) in [6.07, 6.45) is 3.77. The number of aromatic carboxylic acids is 1. The highest BCUT2D eigenvalue weighted by Gasteiger charge is 2.29. The Morgan fingerprint density at radius 3 is 2.46 bits per heavy atom. The molecule has 0 amide bonds. The minimum Gasteiger partial charge on any atom is -0.478 e. The maximum atomic E-state index is 11.3. The van der Waals surface area contributed by atoms with E-state index in [2.05, 4.69) is 51.7 Å². The van der Waals surface area contributed by atoms with E-state index in [9.17, 15) is 9.90 Å². The molecule has 4 heterocycles. The fourth-order valence-corrected chi connectivity index (χ4v) is 5.19. The summed E-state index contributed by atoms with van der Waals surface area (Å²) < 4.78 is 0. The molecule has 0 bridgehead atoms. The van der Waals surface area contributed by atoms with Crippen LogP contribution in [-0.2, 0) is 0 Å². The van der Waals surface area contributed by atoms with Gasteiger partial charge in [0.15, 0.2) is 0 Å². The molecular weight excluding hydrogens is 440 g/mol. The topological polar surface area (TPSA) is 85.7 Å². The quantitative estimate of drug-likeness (QED) is 0.590. The molecule has 0 saturated carbocycles. The minimum absolute atomic E-state index is 0.200. The Morgan fingerprint density at radius 2 is 1.80 bits per heavy atom. The predicted octanol–water partition coefficient (Wildman–Crippen LogP) is 4.25. The first-order valence-corrected chi connectivity index (χ1v) is 12.3. The molecule has 8 heteroatoms. The van der Waals surface area contributed by atoms with Gasteiger partial charge < -0.3 is 19.8 Å². The van der Waals surface area contributed by atoms with Gasteiger partial charge in [0.05, 0.1) is 11.3 Å². The summed E-state index contributed by atoms with van der Waals surface area (Å²) in [6.45, 7) is 9.72. The fourth-order valence-electron chi connectivity index (χ4n) is 5.19. The highest BCUT2D eigenvalue weighted by atomic mass is 16.4. The molecule has 2 aliphatic rings. The van der Waals surface area contributed by atoms with Crippen LogP contribution in [0.15, 0.2) is 48.7 Å². The molecule has 35 heavy (non-hydrogen) atoms. The number of hydrogen-bond donors (Lipinski definition) is 1. The normalized spacial score (nSPS) is 20.4. The number of carboxylic acids is 1. The van der Waals surface area contributed by atoms with Crippen molar-refractivity contribution in [2.45, 2.75) is 45.7 Å². The van der Waals surface area contributed by atoms with Crippen molar-refractivity contribution >= 4 is 23.6 Å². The van der Waals surface area contributed by atoms with E-state index in [-0.39, 0.29) is 11.6 Å². The average Bonchev–Trinajstić information content (AvgIpc) is 3.30. The van der Waals surface area contributed by atoms with Gasteiger partial charge in [0.25, 0.3) is 0 Å². The Balaban J connectivity index is 1.43. The summed E-state index contributed by atoms with van der Waals surface area (Å²) >= 11 is 0. The molecular formula is C27H32N6O2. The van der Waals surface area contributed by atoms with E-state index in [0.717, 1.165) is 73.4 Å². The number of aromatic nitrogens is 3. The first-order valence-electron chi connectivity index (χ1n) is 12.3. The lowest BCUT2D eigenvalue weighted by atomic mass is 10.1. The summed E-state index contributed by atoms with van der Waals surface area (Å²) in [5.74, 6) is 1.65. The van der Waals surface area contributed by atoms with E-state index < -0.39 is 5.97 Å². The number of carbonyl (C=O) groups is 1. The third kappa shape index (κ3) is 4.65. The third-order valence-electron chi connectivity index (χ3n) is 7.10. The highest BCUT2D eigenvalue weighted by Crippen LogP contribution is 2.31. The lowest BCUT2D eigenvalue weighted by Crippen LogP contribution is -2.53. The molecule has 5 rings (SSSR count). The van der Waals surface area contributed by atoms with Crippen LogP contribution >= 0.6 is 0 Å². The highest BCUT2D eigenvalue weighted by molar-refractivity contribution is 5.87. The Morgan fingerprint density at radius 1 is 1.00 bits per heavy atom. The van der Waals surface area contributed by atoms with Gasteiger partial charge in [-0.2, -0.15) is 4.98 Å². The van der Waals surface area contributed by atoms with Gasteiger partial charge >= 0.3 is 5.97 Å². The third-order valence-corrected chi connectivity index (χ3v) is 7.10. The number of benzene rings is 1. The van der Waals surface area contributed by atoms with Crippen LogP contribution in [0.3, 0.4) is 0 Å². The SMILES string of the molecule is Cc1cc(C(=O)O)cnc1N1CCN(c2cc(-c3ccccc3)nc(N3CCCC3C)n2)[C@H](C)C1. The van der Waals surface area contributed by atoms with Crippen molar-refractivity contribution in [3.05, 3.63) is 59.8 Å². The fraction of sp³-hybridized carbons (Fsp3) is 0.407. The Hall–Kier alpha value is -3.68. The summed E-state index contributed by atoms with van der Waals surface area (Å²) in [5, 5.41) is 9.26. The number of pyridine rings is 1. The number of hydrogen-bond acceptors (Lipinski definition) is 7. The van der Waals surface area contributed by atoms with Gasteiger partial charge in [0.1, 0.15) is 11.6 Å². The van der Waals surface area contributed by atoms with E-state index in [1.165, 1.54) is 6.20 Å². The summed E-state index contributed by atoms with van der Waals surface area (Å²) in [4.78, 5) is 32.7. The van der Waals surface area contributed by atoms with E-state index >= 15 is 0 Å². The van der Waals surface area contributed by atoms with Gasteiger partial charge in [0.2, 0.25) is 5.95 Å². The van der Waals surface area contributed by atoms with Crippen LogP contribution in [0.2, 0.25) is 0 Å². The molecule has 2 fully saturated rings. The van der Waals surface area contributed by atoms with Crippen LogP contribution in [0.25, 0.3) is 11.3 Å². The van der Waals surface area contributed by atoms with Gasteiger partial charge in [-0.1, -0.05) is 30.3 Å². The van der Waals surface area contributed by atoms with Crippen molar-refractivity contribution in [1.82, 2.24) is 15.0 Å². The van der Waals surface area contributed by atoms with E-state index in [4.69, 9.17) is 9.97 Å². The van der Waals surface area contributed by atoms with Crippen molar-refractivity contribution < 1.29 is 9.90 Å². The Bertz CT molecular complexity index is 1220. The zero-order valence-electron chi connectivity index (χ0n) is 20.6. The molecule has 2 aromatic heterocycles. The molecule has 1 N–H and O–H groups in total. The summed E-state index contributed by atoms with van der Waals surface area (Å²) in [7, 11) is 0. The second-order valence-electron chi connectivity index (χ2n) is 9.62. The van der Waals surface area contributed by atoms with E-state index in [0.29, 0.717) is 6.04 Å². The first-order chi connectivity index (χ1) is 16.9. The Kier molecular flexibility index (Phi) is 6.28. The molecule has 0 radical (unpaired) electrons. The van der Waals surface area contributed by atoms with Crippen molar-refractivity contribution in [1.29, 1.82) is 0 Å². The molecule has 2 atom stereocenters. The molecule has 0 spiro atoms. The maximum Gasteiger partial charge on any atom is 0.337 e. The number of anilines is 3. The van der Waals surface area contributed by atoms with Gasteiger partial charge in [-0.25, -0.2) is 14.8 Å². The first kappa shape index (κ1) is 23.1. The standard InChI is InChI=1S/C27H32N6O2/c1-18-14-22(26(34)35)16-28-25(18)31-12-13-32(20(3)17-31)24-15-23(21-9-5-4-6-10-21)29-27(30-24)33-11-7-8-19(33)2/h4-6,9-10,14-16,19-20H,7-8,11-13,17H2,1-3H3,(H,34,35)/t19?,20-/m1/s1. The molecule has 1 aromatic carbocycles. The van der Waals surface area contributed by atoms with Crippen molar-refractivity contribution in [3.63, 3.8) is 0 Å². The second-order valence-corrected chi connectivity index (χ2v) is 9.62. The second kappa shape index (κ2) is 9.52. The number of piperazine rings is 1. The monoisotopic (exact) mass is 472 g/mol. The molecule has 8 nitrogen and oxygen atoms in total. The van der Waals surface area contributed by atoms with Crippen molar-refractivity contribution in [3.8, 4) is 11.3 Å². The predicted molar refractivity (Wildman–Crippen MR) is 138 cm³/mol. The van der Waals surface area contributed by atoms with Crippen LogP contribution in [0.1, 0.15) is 42.6 Å². The maximum absolute atomic E-state index is 11.3. The number of nitrogens with zero attached hydrogens (tertiary/aromatic N) is 6. The number of carboxylic acid groups (broad SMARTS) is 1. The summed E-state index contributed by atoms with van der Waals surface area (Å²) in [6, 6.07) is 14.7. The molecule has 2 aliphatic heterocycles. The zero-order chi connectivity index (χ0) is 24.5. The van der Waals surface area contributed by atoms with Crippen molar-refractivity contribution in [2.24, 2.45) is 0 Å². The number of aryl methyl sites for hydroxylation is 1. The van der Waals surface area contributed by atoms with Crippen LogP contribution in [0.5, 0.6) is 0 Å². The molecule has 182 valence electrons.